The van der Waals surface area contributed by atoms with E-state index in [2.05, 4.69) is 6.92 Å². The molecule has 0 saturated heterocycles. The molecule has 0 aromatic rings. The Kier molecular flexibility index (Phi) is 1.69. The summed E-state index contributed by atoms with van der Waals surface area (Å²) in [6, 6.07) is 0. The minimum atomic E-state index is 0.0723. The van der Waals surface area contributed by atoms with Crippen LogP contribution in [0.25, 0.3) is 0 Å². The summed E-state index contributed by atoms with van der Waals surface area (Å²) in [5, 5.41) is 0. The maximum absolute atomic E-state index is 5.37. The summed E-state index contributed by atoms with van der Waals surface area (Å²) in [7, 11) is 0. The molecule has 2 bridgehead atoms. The third-order valence-electron chi connectivity index (χ3n) is 3.75. The van der Waals surface area contributed by atoms with Crippen LogP contribution < -0.4 is 5.90 Å². The van der Waals surface area contributed by atoms with E-state index < -0.39 is 0 Å². The van der Waals surface area contributed by atoms with Gasteiger partial charge in [-0.05, 0) is 43.9 Å². The molecule has 2 nitrogen and oxygen atoms in total. The molecule has 0 aromatic carbocycles. The van der Waals surface area contributed by atoms with Gasteiger partial charge in [0, 0.05) is 0 Å². The van der Waals surface area contributed by atoms with E-state index in [0.29, 0.717) is 0 Å². The van der Waals surface area contributed by atoms with Gasteiger partial charge in [0.15, 0.2) is 0 Å². The maximum atomic E-state index is 5.37. The van der Waals surface area contributed by atoms with Gasteiger partial charge in [-0.2, -0.15) is 0 Å². The summed E-state index contributed by atoms with van der Waals surface area (Å²) < 4.78 is 0. The van der Waals surface area contributed by atoms with Crippen LogP contribution in [-0.2, 0) is 4.84 Å². The third-order valence-corrected chi connectivity index (χ3v) is 3.75. The molecule has 2 fully saturated rings. The maximum Gasteiger partial charge on any atom is 0.0921 e. The summed E-state index contributed by atoms with van der Waals surface area (Å²) in [6.45, 7) is 2.19. The first kappa shape index (κ1) is 7.56. The molecule has 2 rings (SSSR count). The summed E-state index contributed by atoms with van der Waals surface area (Å²) in [4.78, 5) is 5.18. The minimum absolute atomic E-state index is 0.0723. The average molecular weight is 155 g/mol. The van der Waals surface area contributed by atoms with E-state index >= 15 is 0 Å². The standard InChI is InChI=1S/C9H17NO/c1-2-9(11-10)6-7-3-4-8(9)5-7/h7-8H,2-6,10H2,1H3. The Morgan fingerprint density at radius 1 is 1.55 bits per heavy atom. The molecule has 2 aliphatic carbocycles. The zero-order valence-corrected chi connectivity index (χ0v) is 7.18. The topological polar surface area (TPSA) is 35.2 Å². The van der Waals surface area contributed by atoms with Crippen LogP contribution in [-0.4, -0.2) is 5.60 Å². The molecule has 2 saturated carbocycles. The lowest BCUT2D eigenvalue weighted by molar-refractivity contribution is -0.0885. The van der Waals surface area contributed by atoms with Crippen molar-refractivity contribution in [2.45, 2.75) is 44.6 Å². The van der Waals surface area contributed by atoms with Gasteiger partial charge in [-0.1, -0.05) is 6.92 Å². The smallest absolute Gasteiger partial charge is 0.0921 e. The second-order valence-electron chi connectivity index (χ2n) is 4.12. The van der Waals surface area contributed by atoms with Crippen molar-refractivity contribution in [3.8, 4) is 0 Å². The van der Waals surface area contributed by atoms with Gasteiger partial charge in [0.1, 0.15) is 0 Å². The van der Waals surface area contributed by atoms with Crippen LogP contribution in [0.2, 0.25) is 0 Å². The van der Waals surface area contributed by atoms with Crippen LogP contribution in [0.1, 0.15) is 39.0 Å². The summed E-state index contributed by atoms with van der Waals surface area (Å²) in [5.74, 6) is 7.05. The molecule has 2 heteroatoms. The van der Waals surface area contributed by atoms with E-state index in [0.717, 1.165) is 18.3 Å². The summed E-state index contributed by atoms with van der Waals surface area (Å²) in [5.41, 5.74) is 0.0723. The van der Waals surface area contributed by atoms with E-state index in [4.69, 9.17) is 10.7 Å². The van der Waals surface area contributed by atoms with Crippen LogP contribution >= 0.6 is 0 Å². The van der Waals surface area contributed by atoms with Gasteiger partial charge < -0.3 is 0 Å². The van der Waals surface area contributed by atoms with E-state index in [1.54, 1.807) is 0 Å². The molecule has 2 N–H and O–H groups in total. The molecule has 0 radical (unpaired) electrons. The lowest BCUT2D eigenvalue weighted by Crippen LogP contribution is -2.40. The normalized spacial score (nSPS) is 48.5. The molecule has 0 amide bonds. The first-order valence-corrected chi connectivity index (χ1v) is 4.68. The molecule has 0 spiro atoms. The quantitative estimate of drug-likeness (QED) is 0.617. The summed E-state index contributed by atoms with van der Waals surface area (Å²) >= 11 is 0. The Balaban J connectivity index is 2.14. The van der Waals surface area contributed by atoms with Crippen molar-refractivity contribution in [2.24, 2.45) is 17.7 Å². The van der Waals surface area contributed by atoms with Crippen molar-refractivity contribution < 1.29 is 4.84 Å². The highest BCUT2D eigenvalue weighted by Crippen LogP contribution is 2.53. The molecule has 11 heavy (non-hydrogen) atoms. The number of hydrogen-bond acceptors (Lipinski definition) is 2. The van der Waals surface area contributed by atoms with E-state index in [1.165, 1.54) is 25.7 Å². The average Bonchev–Trinajstić information content (AvgIpc) is 2.62. The van der Waals surface area contributed by atoms with E-state index in [-0.39, 0.29) is 5.60 Å². The Morgan fingerprint density at radius 2 is 2.36 bits per heavy atom. The molecule has 3 unspecified atom stereocenters. The number of hydrogen-bond donors (Lipinski definition) is 1. The van der Waals surface area contributed by atoms with Gasteiger partial charge in [-0.25, -0.2) is 5.90 Å². The highest BCUT2D eigenvalue weighted by molar-refractivity contribution is 5.01. The van der Waals surface area contributed by atoms with Crippen LogP contribution in [0.5, 0.6) is 0 Å². The number of rotatable bonds is 2. The lowest BCUT2D eigenvalue weighted by Gasteiger charge is -2.34. The highest BCUT2D eigenvalue weighted by Gasteiger charge is 2.50. The third kappa shape index (κ3) is 0.926. The monoisotopic (exact) mass is 155 g/mol. The molecule has 0 aromatic heterocycles. The van der Waals surface area contributed by atoms with Gasteiger partial charge in [-0.3, -0.25) is 4.84 Å². The Hall–Kier alpha value is -0.0800. The van der Waals surface area contributed by atoms with Gasteiger partial charge in [-0.15, -0.1) is 0 Å². The van der Waals surface area contributed by atoms with Crippen LogP contribution in [0.15, 0.2) is 0 Å². The second kappa shape index (κ2) is 2.46. The van der Waals surface area contributed by atoms with Crippen molar-refractivity contribution in [3.05, 3.63) is 0 Å². The molecule has 2 aliphatic rings. The Bertz CT molecular complexity index is 154. The highest BCUT2D eigenvalue weighted by atomic mass is 16.6. The largest absolute Gasteiger partial charge is 0.298 e. The van der Waals surface area contributed by atoms with Crippen LogP contribution in [0.3, 0.4) is 0 Å². The van der Waals surface area contributed by atoms with Crippen molar-refractivity contribution >= 4 is 0 Å². The van der Waals surface area contributed by atoms with Crippen molar-refractivity contribution in [1.82, 2.24) is 0 Å². The molecule has 64 valence electrons. The van der Waals surface area contributed by atoms with E-state index in [9.17, 15) is 0 Å². The van der Waals surface area contributed by atoms with Gasteiger partial charge in [0.05, 0.1) is 5.60 Å². The SMILES string of the molecule is CCC1(ON)CC2CCC1C2. The Labute approximate surface area is 68.1 Å². The predicted molar refractivity (Wildman–Crippen MR) is 43.7 cm³/mol. The zero-order valence-electron chi connectivity index (χ0n) is 7.18. The number of nitrogens with two attached hydrogens (primary N) is 1. The molecule has 3 atom stereocenters. The minimum Gasteiger partial charge on any atom is -0.298 e. The van der Waals surface area contributed by atoms with Crippen molar-refractivity contribution in [3.63, 3.8) is 0 Å². The van der Waals surface area contributed by atoms with Crippen molar-refractivity contribution in [2.75, 3.05) is 0 Å². The fraction of sp³-hybridized carbons (Fsp3) is 1.00. The first-order chi connectivity index (χ1) is 5.30. The van der Waals surface area contributed by atoms with Gasteiger partial charge >= 0.3 is 0 Å². The van der Waals surface area contributed by atoms with Gasteiger partial charge in [0.2, 0.25) is 0 Å². The molecule has 0 heterocycles. The second-order valence-corrected chi connectivity index (χ2v) is 4.12. The number of fused-ring (bicyclic) bond motifs is 2. The predicted octanol–water partition coefficient (Wildman–Crippen LogP) is 1.85. The first-order valence-electron chi connectivity index (χ1n) is 4.68. The van der Waals surface area contributed by atoms with E-state index in [1.807, 2.05) is 0 Å². The molecular formula is C9H17NO. The molecule has 0 aliphatic heterocycles. The fourth-order valence-corrected chi connectivity index (χ4v) is 3.05. The summed E-state index contributed by atoms with van der Waals surface area (Å²) in [6.07, 6.45) is 6.42. The lowest BCUT2D eigenvalue weighted by atomic mass is 9.82. The fourth-order valence-electron chi connectivity index (χ4n) is 3.05. The Morgan fingerprint density at radius 3 is 2.64 bits per heavy atom. The van der Waals surface area contributed by atoms with Crippen LogP contribution in [0.4, 0.5) is 0 Å². The molecular weight excluding hydrogens is 138 g/mol. The zero-order chi connectivity index (χ0) is 7.90. The van der Waals surface area contributed by atoms with Crippen LogP contribution in [0, 0.1) is 11.8 Å². The van der Waals surface area contributed by atoms with Crippen molar-refractivity contribution in [1.29, 1.82) is 0 Å². The van der Waals surface area contributed by atoms with Gasteiger partial charge in [0.25, 0.3) is 0 Å².